The Hall–Kier alpha value is -4.57. The van der Waals surface area contributed by atoms with Gasteiger partial charge in [-0.1, -0.05) is 127 Å². The van der Waals surface area contributed by atoms with E-state index in [4.69, 9.17) is 35.5 Å². The third-order valence-electron chi connectivity index (χ3n) is 15.9. The molecule has 330 valence electrons. The highest BCUT2D eigenvalue weighted by Gasteiger charge is 2.66. The Balaban J connectivity index is 1.13. The molecule has 0 N–H and O–H groups in total. The monoisotopic (exact) mass is 844 g/mol. The third kappa shape index (κ3) is 9.36. The fraction of sp³-hybridized carbons (Fsp3) is 0.633. The first-order valence-electron chi connectivity index (χ1n) is 23.0. The van der Waals surface area contributed by atoms with E-state index in [9.17, 15) is 0 Å². The summed E-state index contributed by atoms with van der Waals surface area (Å²) in [7, 11) is 0. The molecule has 4 aliphatic carbocycles. The van der Waals surface area contributed by atoms with Crippen LogP contribution in [0.15, 0.2) is 106 Å². The molecule has 3 aromatic carbocycles. The third-order valence-corrected chi connectivity index (χ3v) is 15.9. The molecule has 0 aromatic heterocycles. The summed E-state index contributed by atoms with van der Waals surface area (Å²) in [6, 6.07) is 31.8. The van der Waals surface area contributed by atoms with Gasteiger partial charge in [0.15, 0.2) is 0 Å². The number of hydrogen-bond acceptors (Lipinski definition) is 7. The van der Waals surface area contributed by atoms with E-state index in [1.165, 1.54) is 0 Å². The standard InChI is InChI=1S/C49H65N9O4/c1-35(14-13-28-62-49(36-15-7-4-8-16-36,37-17-9-5-10-18-37)38-19-11-6-12-20-38)41-21-22-42-46-43(34-45(48(41,42)3)61-31-27-55-58-52)47(2)24-23-40(59-29-25-53-56-50)32-39(47)33-44(46)60-30-26-54-57-51/h4-12,15-20,35,39-46H,13-14,21-34H2,1-3H3/t35-,39-,40+,41+,42-,43-,44+,45-,46-,47-,48+/m0/s1. The predicted molar refractivity (Wildman–Crippen MR) is 241 cm³/mol. The van der Waals surface area contributed by atoms with Gasteiger partial charge in [0, 0.05) is 46.4 Å². The van der Waals surface area contributed by atoms with E-state index in [-0.39, 0.29) is 29.1 Å². The topological polar surface area (TPSA) is 183 Å². The Kier molecular flexibility index (Phi) is 15.5. The van der Waals surface area contributed by atoms with Crippen LogP contribution in [0.25, 0.3) is 31.3 Å². The maximum absolute atomic E-state index is 9.14. The van der Waals surface area contributed by atoms with Crippen LogP contribution in [0.5, 0.6) is 0 Å². The average Bonchev–Trinajstić information content (AvgIpc) is 3.67. The normalized spacial score (nSPS) is 30.6. The first kappa shape index (κ1) is 45.5. The van der Waals surface area contributed by atoms with Gasteiger partial charge in [-0.25, -0.2) is 0 Å². The second-order valence-electron chi connectivity index (χ2n) is 18.7. The Morgan fingerprint density at radius 2 is 1.21 bits per heavy atom. The molecule has 4 fully saturated rings. The molecule has 11 atom stereocenters. The van der Waals surface area contributed by atoms with Crippen LogP contribution in [0.4, 0.5) is 0 Å². The molecule has 13 nitrogen and oxygen atoms in total. The summed E-state index contributed by atoms with van der Waals surface area (Å²) in [6.07, 6.45) is 9.18. The van der Waals surface area contributed by atoms with Crippen molar-refractivity contribution in [2.45, 2.75) is 102 Å². The molecular weight excluding hydrogens is 779 g/mol. The van der Waals surface area contributed by atoms with Crippen LogP contribution in [0.1, 0.15) is 95.2 Å². The van der Waals surface area contributed by atoms with Crippen molar-refractivity contribution in [3.05, 3.63) is 139 Å². The summed E-state index contributed by atoms with van der Waals surface area (Å²) in [5, 5.41) is 11.4. The largest absolute Gasteiger partial charge is 0.378 e. The lowest BCUT2D eigenvalue weighted by Gasteiger charge is -2.64. The van der Waals surface area contributed by atoms with Gasteiger partial charge in [0.25, 0.3) is 0 Å². The zero-order chi connectivity index (χ0) is 43.4. The van der Waals surface area contributed by atoms with Gasteiger partial charge in [-0.15, -0.1) is 0 Å². The van der Waals surface area contributed by atoms with Gasteiger partial charge in [-0.3, -0.25) is 0 Å². The predicted octanol–water partition coefficient (Wildman–Crippen LogP) is 12.4. The molecule has 0 unspecified atom stereocenters. The van der Waals surface area contributed by atoms with Gasteiger partial charge < -0.3 is 18.9 Å². The van der Waals surface area contributed by atoms with Gasteiger partial charge in [0.05, 0.1) is 38.1 Å². The molecule has 0 aliphatic heterocycles. The highest BCUT2D eigenvalue weighted by atomic mass is 16.5. The summed E-state index contributed by atoms with van der Waals surface area (Å²) in [6.45, 7) is 10.2. The summed E-state index contributed by atoms with van der Waals surface area (Å²) in [5.74, 6) is 2.34. The molecule has 0 spiro atoms. The van der Waals surface area contributed by atoms with E-state index in [0.29, 0.717) is 81.6 Å². The van der Waals surface area contributed by atoms with Gasteiger partial charge in [0.1, 0.15) is 5.60 Å². The Morgan fingerprint density at radius 3 is 1.77 bits per heavy atom. The SMILES string of the molecule is C[C@@H](CCCOC(c1ccccc1)(c1ccccc1)c1ccccc1)[C@H]1CC[C@H]2[C@@H]3[C@H](OCCN=[N+]=[N-])C[C@@H]4C[C@H](OCCN=[N+]=[N-])CC[C@]4(C)[C@H]3C[C@H](OCCN=[N+]=[N-])[C@]12C. The summed E-state index contributed by atoms with van der Waals surface area (Å²) >= 11 is 0. The summed E-state index contributed by atoms with van der Waals surface area (Å²) in [4.78, 5) is 8.93. The second-order valence-corrected chi connectivity index (χ2v) is 18.7. The Morgan fingerprint density at radius 1 is 0.661 bits per heavy atom. The minimum atomic E-state index is -0.750. The van der Waals surface area contributed by atoms with E-state index < -0.39 is 5.60 Å². The highest BCUT2D eigenvalue weighted by molar-refractivity contribution is 5.47. The van der Waals surface area contributed by atoms with Gasteiger partial charge >= 0.3 is 0 Å². The van der Waals surface area contributed by atoms with E-state index in [0.717, 1.165) is 74.5 Å². The van der Waals surface area contributed by atoms with E-state index in [1.807, 2.05) is 0 Å². The zero-order valence-electron chi connectivity index (χ0n) is 36.8. The van der Waals surface area contributed by atoms with Crippen LogP contribution < -0.4 is 0 Å². The number of rotatable bonds is 21. The molecule has 0 amide bonds. The van der Waals surface area contributed by atoms with Crippen molar-refractivity contribution in [1.29, 1.82) is 0 Å². The summed E-state index contributed by atoms with van der Waals surface area (Å²) < 4.78 is 27.3. The van der Waals surface area contributed by atoms with Crippen LogP contribution >= 0.6 is 0 Å². The van der Waals surface area contributed by atoms with Gasteiger partial charge in [-0.05, 0) is 132 Å². The molecule has 13 heteroatoms. The molecule has 0 heterocycles. The smallest absolute Gasteiger partial charge is 0.143 e. The molecule has 0 radical (unpaired) electrons. The lowest BCUT2D eigenvalue weighted by atomic mass is 9.43. The maximum atomic E-state index is 9.14. The van der Waals surface area contributed by atoms with Crippen LogP contribution in [-0.2, 0) is 24.5 Å². The minimum absolute atomic E-state index is 0.00738. The number of azide groups is 3. The number of fused-ring (bicyclic) bond motifs is 5. The van der Waals surface area contributed by atoms with Crippen LogP contribution in [0, 0.1) is 46.3 Å². The van der Waals surface area contributed by atoms with Crippen molar-refractivity contribution in [1.82, 2.24) is 0 Å². The molecule has 4 aliphatic rings. The Bertz CT molecular complexity index is 1930. The number of benzene rings is 3. The van der Waals surface area contributed by atoms with Crippen molar-refractivity contribution in [3.8, 4) is 0 Å². The summed E-state index contributed by atoms with van der Waals surface area (Å²) in [5.41, 5.74) is 29.5. The van der Waals surface area contributed by atoms with Crippen LogP contribution in [0.3, 0.4) is 0 Å². The first-order chi connectivity index (χ1) is 30.3. The molecular formula is C49H65N9O4. The van der Waals surface area contributed by atoms with E-state index in [1.54, 1.807) is 0 Å². The quantitative estimate of drug-likeness (QED) is 0.0340. The van der Waals surface area contributed by atoms with Crippen molar-refractivity contribution >= 4 is 0 Å². The fourth-order valence-electron chi connectivity index (χ4n) is 13.1. The van der Waals surface area contributed by atoms with E-state index in [2.05, 4.69) is 142 Å². The molecule has 0 bridgehead atoms. The van der Waals surface area contributed by atoms with Crippen molar-refractivity contribution in [2.75, 3.05) is 46.1 Å². The molecule has 7 rings (SSSR count). The second kappa shape index (κ2) is 21.2. The number of hydrogen-bond donors (Lipinski definition) is 0. The maximum Gasteiger partial charge on any atom is 0.143 e. The minimum Gasteiger partial charge on any atom is -0.378 e. The van der Waals surface area contributed by atoms with Crippen molar-refractivity contribution in [2.24, 2.45) is 61.7 Å². The zero-order valence-corrected chi connectivity index (χ0v) is 36.8. The van der Waals surface area contributed by atoms with Crippen LogP contribution in [0.2, 0.25) is 0 Å². The molecule has 3 aromatic rings. The van der Waals surface area contributed by atoms with Crippen LogP contribution in [-0.4, -0.2) is 64.4 Å². The van der Waals surface area contributed by atoms with Crippen molar-refractivity contribution < 1.29 is 18.9 Å². The first-order valence-corrected chi connectivity index (χ1v) is 23.0. The molecule has 0 saturated heterocycles. The molecule has 4 saturated carbocycles. The van der Waals surface area contributed by atoms with E-state index >= 15 is 0 Å². The Labute approximate surface area is 367 Å². The van der Waals surface area contributed by atoms with Gasteiger partial charge in [-0.2, -0.15) is 0 Å². The number of ether oxygens (including phenoxy) is 4. The lowest BCUT2D eigenvalue weighted by molar-refractivity contribution is -0.226. The van der Waals surface area contributed by atoms with Crippen molar-refractivity contribution in [3.63, 3.8) is 0 Å². The lowest BCUT2D eigenvalue weighted by Crippen LogP contribution is -2.63. The molecule has 62 heavy (non-hydrogen) atoms. The average molecular weight is 844 g/mol. The highest BCUT2D eigenvalue weighted by Crippen LogP contribution is 2.69. The number of nitrogens with zero attached hydrogens (tertiary/aromatic N) is 9. The van der Waals surface area contributed by atoms with Gasteiger partial charge in [0.2, 0.25) is 0 Å². The fourth-order valence-corrected chi connectivity index (χ4v) is 13.1.